The zero-order chi connectivity index (χ0) is 17.0. The SMILES string of the molecule is CC1(C)C2CC=C(CN3CCc4nc(-c5cccs5)ncc4C3)C1C2. The van der Waals surface area contributed by atoms with Crippen molar-refractivity contribution in [2.24, 2.45) is 17.3 Å². The van der Waals surface area contributed by atoms with Gasteiger partial charge in [-0.1, -0.05) is 31.6 Å². The molecule has 2 bridgehead atoms. The molecular weight excluding hydrogens is 326 g/mol. The third kappa shape index (κ3) is 2.58. The molecule has 0 N–H and O–H groups in total. The van der Waals surface area contributed by atoms with Crippen LogP contribution in [-0.2, 0) is 13.0 Å². The van der Waals surface area contributed by atoms with E-state index in [0.29, 0.717) is 5.41 Å². The lowest BCUT2D eigenvalue weighted by molar-refractivity contribution is -0.0110. The first-order valence-corrected chi connectivity index (χ1v) is 10.3. The van der Waals surface area contributed by atoms with Gasteiger partial charge in [0, 0.05) is 37.8 Å². The summed E-state index contributed by atoms with van der Waals surface area (Å²) < 4.78 is 0. The zero-order valence-corrected chi connectivity index (χ0v) is 15.9. The van der Waals surface area contributed by atoms with Crippen molar-refractivity contribution >= 4 is 11.3 Å². The van der Waals surface area contributed by atoms with Crippen molar-refractivity contribution in [3.63, 3.8) is 0 Å². The van der Waals surface area contributed by atoms with Crippen molar-refractivity contribution in [1.29, 1.82) is 0 Å². The molecule has 1 fully saturated rings. The molecule has 2 aromatic heterocycles. The molecule has 1 saturated carbocycles. The molecule has 6 rings (SSSR count). The van der Waals surface area contributed by atoms with Crippen molar-refractivity contribution in [3.8, 4) is 10.7 Å². The quantitative estimate of drug-likeness (QED) is 0.759. The number of rotatable bonds is 3. The molecule has 2 unspecified atom stereocenters. The Morgan fingerprint density at radius 3 is 3.04 bits per heavy atom. The van der Waals surface area contributed by atoms with Crippen LogP contribution in [0.15, 0.2) is 35.4 Å². The van der Waals surface area contributed by atoms with Gasteiger partial charge in [-0.15, -0.1) is 11.3 Å². The van der Waals surface area contributed by atoms with Gasteiger partial charge in [-0.2, -0.15) is 0 Å². The fraction of sp³-hybridized carbons (Fsp3) is 0.524. The molecule has 4 aliphatic rings. The molecule has 0 saturated heterocycles. The zero-order valence-electron chi connectivity index (χ0n) is 15.0. The lowest BCUT2D eigenvalue weighted by Crippen LogP contribution is -2.50. The fourth-order valence-corrected chi connectivity index (χ4v) is 5.61. The maximum absolute atomic E-state index is 4.84. The van der Waals surface area contributed by atoms with E-state index < -0.39 is 0 Å². The van der Waals surface area contributed by atoms with Gasteiger partial charge in [-0.3, -0.25) is 4.90 Å². The van der Waals surface area contributed by atoms with Crippen LogP contribution in [0, 0.1) is 17.3 Å². The standard InChI is InChI=1S/C21H25N3S/c1-21(2)16-6-5-14(17(21)10-16)12-24-8-7-18-15(13-24)11-22-20(23-18)19-4-3-9-25-19/h3-5,9,11,16-17H,6-8,10,12-13H2,1-2H3. The van der Waals surface area contributed by atoms with Gasteiger partial charge in [0.05, 0.1) is 10.6 Å². The summed E-state index contributed by atoms with van der Waals surface area (Å²) in [5.74, 6) is 2.62. The van der Waals surface area contributed by atoms with Gasteiger partial charge < -0.3 is 0 Å². The van der Waals surface area contributed by atoms with E-state index in [-0.39, 0.29) is 0 Å². The minimum Gasteiger partial charge on any atom is -0.295 e. The van der Waals surface area contributed by atoms with Crippen LogP contribution in [0.3, 0.4) is 0 Å². The minimum atomic E-state index is 0.524. The number of hydrogen-bond donors (Lipinski definition) is 0. The van der Waals surface area contributed by atoms with Gasteiger partial charge in [0.25, 0.3) is 0 Å². The van der Waals surface area contributed by atoms with Crippen LogP contribution < -0.4 is 0 Å². The fourth-order valence-electron chi connectivity index (χ4n) is 4.95. The Morgan fingerprint density at radius 2 is 2.28 bits per heavy atom. The lowest BCUT2D eigenvalue weighted by Gasteiger charge is -2.57. The number of fused-ring (bicyclic) bond motifs is 2. The van der Waals surface area contributed by atoms with Gasteiger partial charge in [0.15, 0.2) is 5.82 Å². The average Bonchev–Trinajstić information content (AvgIpc) is 3.16. The highest BCUT2D eigenvalue weighted by Gasteiger charge is 2.51. The van der Waals surface area contributed by atoms with Crippen LogP contribution in [0.2, 0.25) is 0 Å². The summed E-state index contributed by atoms with van der Waals surface area (Å²) in [6.45, 7) is 8.16. The molecule has 0 spiro atoms. The first kappa shape index (κ1) is 15.7. The second-order valence-electron chi connectivity index (χ2n) is 8.42. The summed E-state index contributed by atoms with van der Waals surface area (Å²) in [6.07, 6.45) is 8.34. The second-order valence-corrected chi connectivity index (χ2v) is 9.37. The molecule has 3 heterocycles. The Kier molecular flexibility index (Phi) is 3.61. The summed E-state index contributed by atoms with van der Waals surface area (Å²) in [5.41, 5.74) is 4.77. The number of hydrogen-bond acceptors (Lipinski definition) is 4. The largest absolute Gasteiger partial charge is 0.295 e. The van der Waals surface area contributed by atoms with E-state index in [0.717, 1.165) is 43.7 Å². The van der Waals surface area contributed by atoms with Crippen molar-refractivity contribution in [3.05, 3.63) is 46.6 Å². The van der Waals surface area contributed by atoms with E-state index >= 15 is 0 Å². The van der Waals surface area contributed by atoms with E-state index in [1.807, 2.05) is 0 Å². The van der Waals surface area contributed by atoms with Crippen molar-refractivity contribution in [2.45, 2.75) is 39.7 Å². The number of thiophene rings is 1. The molecule has 2 atom stereocenters. The molecule has 0 aromatic carbocycles. The van der Waals surface area contributed by atoms with E-state index in [1.54, 1.807) is 16.9 Å². The molecule has 3 aliphatic carbocycles. The monoisotopic (exact) mass is 351 g/mol. The Hall–Kier alpha value is -1.52. The smallest absolute Gasteiger partial charge is 0.169 e. The molecular formula is C21H25N3S. The Balaban J connectivity index is 1.31. The maximum Gasteiger partial charge on any atom is 0.169 e. The number of nitrogens with zero attached hydrogens (tertiary/aromatic N) is 3. The predicted octanol–water partition coefficient (Wildman–Crippen LogP) is 4.56. The highest BCUT2D eigenvalue weighted by molar-refractivity contribution is 7.13. The van der Waals surface area contributed by atoms with Gasteiger partial charge >= 0.3 is 0 Å². The van der Waals surface area contributed by atoms with Gasteiger partial charge in [-0.25, -0.2) is 9.97 Å². The number of allylic oxidation sites excluding steroid dienone is 1. The predicted molar refractivity (Wildman–Crippen MR) is 102 cm³/mol. The summed E-state index contributed by atoms with van der Waals surface area (Å²) in [5, 5.41) is 2.09. The molecule has 0 radical (unpaired) electrons. The second kappa shape index (κ2) is 5.75. The first-order chi connectivity index (χ1) is 12.1. The highest BCUT2D eigenvalue weighted by atomic mass is 32.1. The Bertz CT molecular complexity index is 822. The van der Waals surface area contributed by atoms with E-state index in [2.05, 4.69) is 53.5 Å². The topological polar surface area (TPSA) is 29.0 Å². The van der Waals surface area contributed by atoms with Gasteiger partial charge in [0.2, 0.25) is 0 Å². The van der Waals surface area contributed by atoms with Crippen molar-refractivity contribution < 1.29 is 0 Å². The summed E-state index contributed by atoms with van der Waals surface area (Å²) in [4.78, 5) is 13.2. The van der Waals surface area contributed by atoms with Gasteiger partial charge in [0.1, 0.15) is 0 Å². The first-order valence-electron chi connectivity index (χ1n) is 9.41. The van der Waals surface area contributed by atoms with E-state index in [1.165, 1.54) is 29.0 Å². The normalized spacial score (nSPS) is 27.4. The molecule has 25 heavy (non-hydrogen) atoms. The summed E-state index contributed by atoms with van der Waals surface area (Å²) in [6, 6.07) is 4.17. The lowest BCUT2D eigenvalue weighted by atomic mass is 9.49. The summed E-state index contributed by atoms with van der Waals surface area (Å²) in [7, 11) is 0. The van der Waals surface area contributed by atoms with Crippen LogP contribution in [-0.4, -0.2) is 28.0 Å². The Morgan fingerprint density at radius 1 is 1.36 bits per heavy atom. The molecule has 4 heteroatoms. The van der Waals surface area contributed by atoms with Crippen LogP contribution in [0.1, 0.15) is 37.9 Å². The van der Waals surface area contributed by atoms with Crippen molar-refractivity contribution in [2.75, 3.05) is 13.1 Å². The summed E-state index contributed by atoms with van der Waals surface area (Å²) >= 11 is 1.71. The molecule has 2 aromatic rings. The molecule has 3 nitrogen and oxygen atoms in total. The third-order valence-electron chi connectivity index (χ3n) is 6.74. The van der Waals surface area contributed by atoms with Crippen molar-refractivity contribution in [1.82, 2.24) is 14.9 Å². The number of aromatic nitrogens is 2. The van der Waals surface area contributed by atoms with E-state index in [9.17, 15) is 0 Å². The maximum atomic E-state index is 4.84. The molecule has 130 valence electrons. The van der Waals surface area contributed by atoms with Crippen LogP contribution in [0.5, 0.6) is 0 Å². The highest BCUT2D eigenvalue weighted by Crippen LogP contribution is 2.59. The third-order valence-corrected chi connectivity index (χ3v) is 7.61. The molecule has 0 amide bonds. The molecule has 1 aliphatic heterocycles. The van der Waals surface area contributed by atoms with Crippen LogP contribution in [0.25, 0.3) is 10.7 Å². The van der Waals surface area contributed by atoms with Gasteiger partial charge in [-0.05, 0) is 41.5 Å². The minimum absolute atomic E-state index is 0.524. The van der Waals surface area contributed by atoms with E-state index in [4.69, 9.17) is 4.98 Å². The van der Waals surface area contributed by atoms with Crippen LogP contribution >= 0.6 is 11.3 Å². The Labute approximate surface area is 153 Å². The van der Waals surface area contributed by atoms with Crippen LogP contribution in [0.4, 0.5) is 0 Å². The average molecular weight is 352 g/mol.